The fourth-order valence-electron chi connectivity index (χ4n) is 2.98. The summed E-state index contributed by atoms with van der Waals surface area (Å²) in [5.41, 5.74) is 7.58. The van der Waals surface area contributed by atoms with Gasteiger partial charge in [0.05, 0.1) is 0 Å². The van der Waals surface area contributed by atoms with Crippen LogP contribution in [0.5, 0.6) is 0 Å². The Morgan fingerprint density at radius 3 is 2.50 bits per heavy atom. The van der Waals surface area contributed by atoms with Crippen LogP contribution in [-0.2, 0) is 6.42 Å². The van der Waals surface area contributed by atoms with Crippen LogP contribution >= 0.6 is 0 Å². The van der Waals surface area contributed by atoms with Crippen LogP contribution in [0.25, 0.3) is 0 Å². The zero-order chi connectivity index (χ0) is 13.9. The first-order valence-corrected chi connectivity index (χ1v) is 7.71. The van der Waals surface area contributed by atoms with E-state index in [1.807, 2.05) is 0 Å². The molecular formula is C16H24FN3. The molecule has 20 heavy (non-hydrogen) atoms. The molecule has 1 aliphatic carbocycles. The lowest BCUT2D eigenvalue weighted by atomic mass is 10.1. The molecular weight excluding hydrogens is 253 g/mol. The highest BCUT2D eigenvalue weighted by molar-refractivity contribution is 5.49. The Morgan fingerprint density at radius 1 is 1.10 bits per heavy atom. The van der Waals surface area contributed by atoms with Crippen molar-refractivity contribution >= 4 is 5.69 Å². The van der Waals surface area contributed by atoms with Crippen LogP contribution in [0.4, 0.5) is 10.1 Å². The van der Waals surface area contributed by atoms with Crippen LogP contribution < -0.4 is 10.6 Å². The van der Waals surface area contributed by atoms with Gasteiger partial charge in [0, 0.05) is 38.4 Å². The lowest BCUT2D eigenvalue weighted by molar-refractivity contribution is 0.248. The predicted molar refractivity (Wildman–Crippen MR) is 80.5 cm³/mol. The van der Waals surface area contributed by atoms with Gasteiger partial charge in [-0.25, -0.2) is 4.39 Å². The number of hydrogen-bond acceptors (Lipinski definition) is 3. The number of rotatable bonds is 5. The highest BCUT2D eigenvalue weighted by Crippen LogP contribution is 2.30. The molecule has 0 bridgehead atoms. The van der Waals surface area contributed by atoms with Crippen molar-refractivity contribution in [2.45, 2.75) is 19.3 Å². The van der Waals surface area contributed by atoms with Gasteiger partial charge in [0.15, 0.2) is 0 Å². The smallest absolute Gasteiger partial charge is 0.125 e. The molecule has 3 rings (SSSR count). The molecule has 0 unspecified atom stereocenters. The lowest BCUT2D eigenvalue weighted by Gasteiger charge is -2.36. The summed E-state index contributed by atoms with van der Waals surface area (Å²) in [7, 11) is 0. The molecule has 2 aliphatic rings. The maximum Gasteiger partial charge on any atom is 0.125 e. The molecule has 1 aliphatic heterocycles. The Morgan fingerprint density at radius 2 is 1.85 bits per heavy atom. The van der Waals surface area contributed by atoms with E-state index in [1.54, 1.807) is 12.1 Å². The van der Waals surface area contributed by atoms with Gasteiger partial charge >= 0.3 is 0 Å². The highest BCUT2D eigenvalue weighted by Gasteiger charge is 2.26. The summed E-state index contributed by atoms with van der Waals surface area (Å²) in [6.45, 7) is 6.02. The van der Waals surface area contributed by atoms with Gasteiger partial charge in [0.2, 0.25) is 0 Å². The largest absolute Gasteiger partial charge is 0.369 e. The van der Waals surface area contributed by atoms with Crippen LogP contribution in [0.2, 0.25) is 0 Å². The van der Waals surface area contributed by atoms with Gasteiger partial charge in [-0.15, -0.1) is 0 Å². The first kappa shape index (κ1) is 13.8. The lowest BCUT2D eigenvalue weighted by Crippen LogP contribution is -2.47. The molecule has 1 saturated carbocycles. The van der Waals surface area contributed by atoms with Crippen LogP contribution in [0.3, 0.4) is 0 Å². The number of nitrogens with zero attached hydrogens (tertiary/aromatic N) is 2. The third-order valence-corrected chi connectivity index (χ3v) is 4.33. The summed E-state index contributed by atoms with van der Waals surface area (Å²) in [5, 5.41) is 0. The van der Waals surface area contributed by atoms with Crippen LogP contribution in [-0.4, -0.2) is 44.2 Å². The zero-order valence-electron chi connectivity index (χ0n) is 12.0. The van der Waals surface area contributed by atoms with Crippen molar-refractivity contribution in [2.24, 2.45) is 11.7 Å². The third-order valence-electron chi connectivity index (χ3n) is 4.33. The van der Waals surface area contributed by atoms with Gasteiger partial charge in [-0.05, 0) is 55.5 Å². The number of hydrogen-bond donors (Lipinski definition) is 1. The van der Waals surface area contributed by atoms with Crippen molar-refractivity contribution in [3.8, 4) is 0 Å². The maximum absolute atomic E-state index is 13.7. The number of benzene rings is 1. The molecule has 0 radical (unpaired) electrons. The molecule has 1 aromatic carbocycles. The van der Waals surface area contributed by atoms with E-state index in [4.69, 9.17) is 5.73 Å². The summed E-state index contributed by atoms with van der Waals surface area (Å²) < 4.78 is 13.7. The van der Waals surface area contributed by atoms with Gasteiger partial charge in [0.1, 0.15) is 5.82 Å². The molecule has 2 fully saturated rings. The van der Waals surface area contributed by atoms with Crippen molar-refractivity contribution in [3.05, 3.63) is 29.6 Å². The molecule has 1 aromatic rings. The van der Waals surface area contributed by atoms with E-state index in [0.717, 1.165) is 49.8 Å². The van der Waals surface area contributed by atoms with Crippen molar-refractivity contribution < 1.29 is 4.39 Å². The Bertz CT molecular complexity index is 451. The molecule has 0 atom stereocenters. The summed E-state index contributed by atoms with van der Waals surface area (Å²) in [6.07, 6.45) is 3.56. The van der Waals surface area contributed by atoms with Gasteiger partial charge in [-0.1, -0.05) is 0 Å². The van der Waals surface area contributed by atoms with Crippen molar-refractivity contribution in [1.82, 2.24) is 4.90 Å². The Hall–Kier alpha value is -1.13. The standard InChI is InChI=1S/C16H24FN3/c17-15-9-14(3-4-18)10-16(11-15)20-7-5-19(6-8-20)12-13-1-2-13/h9-11,13H,1-8,12,18H2. The molecule has 0 spiro atoms. The molecule has 3 nitrogen and oxygen atoms in total. The quantitative estimate of drug-likeness (QED) is 0.891. The Labute approximate surface area is 120 Å². The minimum Gasteiger partial charge on any atom is -0.369 e. The summed E-state index contributed by atoms with van der Waals surface area (Å²) in [6, 6.07) is 5.34. The predicted octanol–water partition coefficient (Wildman–Crippen LogP) is 1.86. The van der Waals surface area contributed by atoms with Gasteiger partial charge in [0.25, 0.3) is 0 Å². The van der Waals surface area contributed by atoms with Crippen LogP contribution in [0.1, 0.15) is 18.4 Å². The molecule has 2 N–H and O–H groups in total. The van der Waals surface area contributed by atoms with E-state index in [-0.39, 0.29) is 5.82 Å². The normalized spacial score (nSPS) is 20.4. The van der Waals surface area contributed by atoms with E-state index in [1.165, 1.54) is 19.4 Å². The fourth-order valence-corrected chi connectivity index (χ4v) is 2.98. The summed E-state index contributed by atoms with van der Waals surface area (Å²) in [5.74, 6) is 0.804. The first-order chi connectivity index (χ1) is 9.74. The van der Waals surface area contributed by atoms with Crippen molar-refractivity contribution in [3.63, 3.8) is 0 Å². The summed E-state index contributed by atoms with van der Waals surface area (Å²) >= 11 is 0. The second-order valence-electron chi connectivity index (χ2n) is 6.09. The second kappa shape index (κ2) is 6.10. The number of piperazine rings is 1. The van der Waals surface area contributed by atoms with E-state index >= 15 is 0 Å². The molecule has 4 heteroatoms. The van der Waals surface area contributed by atoms with Crippen molar-refractivity contribution in [1.29, 1.82) is 0 Å². The average molecular weight is 277 g/mol. The molecule has 1 saturated heterocycles. The van der Waals surface area contributed by atoms with Crippen molar-refractivity contribution in [2.75, 3.05) is 44.2 Å². The van der Waals surface area contributed by atoms with Gasteiger partial charge in [-0.2, -0.15) is 0 Å². The van der Waals surface area contributed by atoms with Crippen LogP contribution in [0.15, 0.2) is 18.2 Å². The molecule has 0 amide bonds. The van der Waals surface area contributed by atoms with Gasteiger partial charge < -0.3 is 10.6 Å². The Kier molecular flexibility index (Phi) is 4.22. The zero-order valence-corrected chi connectivity index (χ0v) is 12.0. The first-order valence-electron chi connectivity index (χ1n) is 7.71. The SMILES string of the molecule is NCCc1cc(F)cc(N2CCN(CC3CC3)CC2)c1. The fraction of sp³-hybridized carbons (Fsp3) is 0.625. The van der Waals surface area contributed by atoms with E-state index in [9.17, 15) is 4.39 Å². The average Bonchev–Trinajstić information content (AvgIpc) is 3.23. The topological polar surface area (TPSA) is 32.5 Å². The van der Waals surface area contributed by atoms with E-state index in [0.29, 0.717) is 6.54 Å². The minimum absolute atomic E-state index is 0.147. The summed E-state index contributed by atoms with van der Waals surface area (Å²) in [4.78, 5) is 4.85. The van der Waals surface area contributed by atoms with Gasteiger partial charge in [-0.3, -0.25) is 4.90 Å². The van der Waals surface area contributed by atoms with Crippen LogP contribution in [0, 0.1) is 11.7 Å². The second-order valence-corrected chi connectivity index (χ2v) is 6.09. The third kappa shape index (κ3) is 3.49. The Balaban J connectivity index is 1.61. The number of nitrogens with two attached hydrogens (primary N) is 1. The molecule has 110 valence electrons. The highest BCUT2D eigenvalue weighted by atomic mass is 19.1. The maximum atomic E-state index is 13.7. The van der Waals surface area contributed by atoms with E-state index < -0.39 is 0 Å². The minimum atomic E-state index is -0.147. The van der Waals surface area contributed by atoms with E-state index in [2.05, 4.69) is 15.9 Å². The molecule has 0 aromatic heterocycles. The number of halogens is 1. The number of anilines is 1. The monoisotopic (exact) mass is 277 g/mol. The molecule has 1 heterocycles.